The number of amides is 1. The maximum absolute atomic E-state index is 11.8. The molecule has 1 aromatic carbocycles. The van der Waals surface area contributed by atoms with Crippen molar-refractivity contribution in [3.63, 3.8) is 0 Å². The fourth-order valence-corrected chi connectivity index (χ4v) is 1.61. The van der Waals surface area contributed by atoms with Gasteiger partial charge in [0.1, 0.15) is 5.75 Å². The Labute approximate surface area is 100 Å². The summed E-state index contributed by atoms with van der Waals surface area (Å²) in [7, 11) is 0. The number of fused-ring (bicyclic) bond motifs is 1. The van der Waals surface area contributed by atoms with E-state index in [1.165, 1.54) is 0 Å². The van der Waals surface area contributed by atoms with Crippen LogP contribution in [0.1, 0.15) is 6.92 Å². The molecule has 1 heterocycles. The Kier molecular flexibility index (Phi) is 3.20. The lowest BCUT2D eigenvalue weighted by molar-refractivity contribution is -0.127. The van der Waals surface area contributed by atoms with E-state index in [1.54, 1.807) is 6.92 Å². The highest BCUT2D eigenvalue weighted by atomic mass is 16.5. The normalized spacial score (nSPS) is 18.9. The number of rotatable bonds is 2. The van der Waals surface area contributed by atoms with Crippen molar-refractivity contribution in [3.8, 4) is 18.1 Å². The van der Waals surface area contributed by atoms with Crippen LogP contribution < -0.4 is 15.4 Å². The summed E-state index contributed by atoms with van der Waals surface area (Å²) in [6.07, 6.45) is 4.66. The van der Waals surface area contributed by atoms with Crippen LogP contribution in [0.15, 0.2) is 24.3 Å². The van der Waals surface area contributed by atoms with E-state index in [2.05, 4.69) is 16.6 Å². The van der Waals surface area contributed by atoms with Gasteiger partial charge in [0.15, 0.2) is 6.10 Å². The highest BCUT2D eigenvalue weighted by molar-refractivity contribution is 5.83. The first-order valence-electron chi connectivity index (χ1n) is 5.47. The van der Waals surface area contributed by atoms with Gasteiger partial charge >= 0.3 is 0 Å². The van der Waals surface area contributed by atoms with Gasteiger partial charge in [0, 0.05) is 0 Å². The third-order valence-electron chi connectivity index (χ3n) is 2.54. The Morgan fingerprint density at radius 2 is 2.41 bits per heavy atom. The van der Waals surface area contributed by atoms with E-state index in [1.807, 2.05) is 24.3 Å². The monoisotopic (exact) mass is 230 g/mol. The van der Waals surface area contributed by atoms with Crippen LogP contribution >= 0.6 is 0 Å². The molecule has 0 spiro atoms. The lowest BCUT2D eigenvalue weighted by Crippen LogP contribution is -2.47. The largest absolute Gasteiger partial charge is 0.477 e. The number of terminal acetylenes is 1. The fourth-order valence-electron chi connectivity index (χ4n) is 1.61. The number of hydrogen-bond acceptors (Lipinski definition) is 3. The molecule has 0 aromatic heterocycles. The molecule has 0 bridgehead atoms. The van der Waals surface area contributed by atoms with Gasteiger partial charge in [0.25, 0.3) is 5.91 Å². The molecule has 1 aliphatic rings. The smallest absolute Gasteiger partial charge is 0.263 e. The van der Waals surface area contributed by atoms with Crippen LogP contribution in [-0.2, 0) is 4.79 Å². The lowest BCUT2D eigenvalue weighted by atomic mass is 10.2. The molecule has 1 aromatic rings. The van der Waals surface area contributed by atoms with Crippen LogP contribution in [0.2, 0.25) is 0 Å². The van der Waals surface area contributed by atoms with Crippen molar-refractivity contribution in [1.29, 1.82) is 0 Å². The van der Waals surface area contributed by atoms with Crippen molar-refractivity contribution >= 4 is 11.6 Å². The molecule has 1 aliphatic heterocycles. The minimum absolute atomic E-state index is 0.197. The second kappa shape index (κ2) is 4.79. The van der Waals surface area contributed by atoms with Crippen molar-refractivity contribution in [2.24, 2.45) is 0 Å². The molecule has 2 atom stereocenters. The van der Waals surface area contributed by atoms with Crippen molar-refractivity contribution < 1.29 is 9.53 Å². The Bertz CT molecular complexity index is 465. The quantitative estimate of drug-likeness (QED) is 0.745. The molecular weight excluding hydrogens is 216 g/mol. The molecule has 4 nitrogen and oxygen atoms in total. The summed E-state index contributed by atoms with van der Waals surface area (Å²) in [4.78, 5) is 11.8. The molecule has 0 saturated heterocycles. The first-order valence-corrected chi connectivity index (χ1v) is 5.47. The lowest BCUT2D eigenvalue weighted by Gasteiger charge is -2.26. The second-order valence-electron chi connectivity index (χ2n) is 3.88. The molecule has 0 saturated carbocycles. The van der Waals surface area contributed by atoms with Crippen LogP contribution in [0.5, 0.6) is 5.75 Å². The predicted octanol–water partition coefficient (Wildman–Crippen LogP) is 0.997. The zero-order valence-electron chi connectivity index (χ0n) is 9.57. The zero-order valence-corrected chi connectivity index (χ0v) is 9.57. The number of para-hydroxylation sites is 2. The second-order valence-corrected chi connectivity index (χ2v) is 3.88. The number of hydrogen-bond donors (Lipinski definition) is 2. The predicted molar refractivity (Wildman–Crippen MR) is 65.8 cm³/mol. The summed E-state index contributed by atoms with van der Waals surface area (Å²) in [5.41, 5.74) is 0.904. The molecule has 0 aliphatic carbocycles. The van der Waals surface area contributed by atoms with Crippen LogP contribution in [0, 0.1) is 12.3 Å². The average Bonchev–Trinajstić information content (AvgIpc) is 2.38. The van der Waals surface area contributed by atoms with Crippen LogP contribution in [0.4, 0.5) is 5.69 Å². The standard InChI is InChI=1S/C13H14N2O2/c1-3-9(2)15-13(16)12-8-14-10-6-4-5-7-11(10)17-12/h1,4-7,9,12,14H,8H2,2H3,(H,15,16). The molecule has 88 valence electrons. The van der Waals surface area contributed by atoms with Crippen molar-refractivity contribution in [3.05, 3.63) is 24.3 Å². The van der Waals surface area contributed by atoms with Crippen molar-refractivity contribution in [2.45, 2.75) is 19.1 Å². The van der Waals surface area contributed by atoms with Gasteiger partial charge < -0.3 is 15.4 Å². The van der Waals surface area contributed by atoms with Gasteiger partial charge in [-0.25, -0.2) is 0 Å². The molecule has 2 unspecified atom stereocenters. The highest BCUT2D eigenvalue weighted by Gasteiger charge is 2.25. The Balaban J connectivity index is 2.03. The van der Waals surface area contributed by atoms with Gasteiger partial charge in [0.05, 0.1) is 18.3 Å². The number of anilines is 1. The minimum atomic E-state index is -0.541. The number of carbonyl (C=O) groups is 1. The molecule has 4 heteroatoms. The summed E-state index contributed by atoms with van der Waals surface area (Å²) >= 11 is 0. The Morgan fingerprint density at radius 1 is 1.65 bits per heavy atom. The van der Waals surface area contributed by atoms with E-state index in [9.17, 15) is 4.79 Å². The number of benzene rings is 1. The third kappa shape index (κ3) is 2.51. The van der Waals surface area contributed by atoms with Gasteiger partial charge in [0.2, 0.25) is 0 Å². The Morgan fingerprint density at radius 3 is 3.18 bits per heavy atom. The molecule has 0 fully saturated rings. The first-order chi connectivity index (χ1) is 8.20. The topological polar surface area (TPSA) is 50.4 Å². The van der Waals surface area contributed by atoms with E-state index in [-0.39, 0.29) is 11.9 Å². The highest BCUT2D eigenvalue weighted by Crippen LogP contribution is 2.28. The van der Waals surface area contributed by atoms with Gasteiger partial charge in [-0.3, -0.25) is 4.79 Å². The summed E-state index contributed by atoms with van der Waals surface area (Å²) in [5, 5.41) is 5.84. The van der Waals surface area contributed by atoms with Crippen LogP contribution in [0.25, 0.3) is 0 Å². The summed E-state index contributed by atoms with van der Waals surface area (Å²) in [5.74, 6) is 2.94. The van der Waals surface area contributed by atoms with Crippen LogP contribution in [0.3, 0.4) is 0 Å². The third-order valence-corrected chi connectivity index (χ3v) is 2.54. The summed E-state index contributed by atoms with van der Waals surface area (Å²) in [6, 6.07) is 7.23. The van der Waals surface area contributed by atoms with Gasteiger partial charge in [-0.05, 0) is 19.1 Å². The zero-order chi connectivity index (χ0) is 12.3. The maximum atomic E-state index is 11.8. The van der Waals surface area contributed by atoms with E-state index >= 15 is 0 Å². The molecule has 2 rings (SSSR count). The van der Waals surface area contributed by atoms with Gasteiger partial charge in [-0.1, -0.05) is 18.1 Å². The minimum Gasteiger partial charge on any atom is -0.477 e. The average molecular weight is 230 g/mol. The maximum Gasteiger partial charge on any atom is 0.263 e. The Hall–Kier alpha value is -2.15. The van der Waals surface area contributed by atoms with E-state index in [0.29, 0.717) is 12.3 Å². The van der Waals surface area contributed by atoms with E-state index < -0.39 is 6.10 Å². The van der Waals surface area contributed by atoms with E-state index in [0.717, 1.165) is 5.69 Å². The SMILES string of the molecule is C#CC(C)NC(=O)C1CNc2ccccc2O1. The van der Waals surface area contributed by atoms with E-state index in [4.69, 9.17) is 11.2 Å². The molecule has 1 amide bonds. The van der Waals surface area contributed by atoms with Gasteiger partial charge in [-0.15, -0.1) is 6.42 Å². The van der Waals surface area contributed by atoms with Gasteiger partial charge in [-0.2, -0.15) is 0 Å². The fraction of sp³-hybridized carbons (Fsp3) is 0.308. The van der Waals surface area contributed by atoms with Crippen molar-refractivity contribution in [1.82, 2.24) is 5.32 Å². The van der Waals surface area contributed by atoms with Crippen molar-refractivity contribution in [2.75, 3.05) is 11.9 Å². The van der Waals surface area contributed by atoms with Crippen LogP contribution in [-0.4, -0.2) is 24.6 Å². The molecule has 17 heavy (non-hydrogen) atoms. The number of carbonyl (C=O) groups excluding carboxylic acids is 1. The summed E-state index contributed by atoms with van der Waals surface area (Å²) in [6.45, 7) is 2.20. The molecule has 0 radical (unpaired) electrons. The summed E-state index contributed by atoms with van der Waals surface area (Å²) < 4.78 is 5.60. The molecular formula is C13H14N2O2. The number of ether oxygens (including phenoxy) is 1. The molecule has 2 N–H and O–H groups in total. The first kappa shape index (κ1) is 11.3. The number of nitrogens with one attached hydrogen (secondary N) is 2.